The number of benzene rings is 1. The summed E-state index contributed by atoms with van der Waals surface area (Å²) in [5.41, 5.74) is 1.74. The summed E-state index contributed by atoms with van der Waals surface area (Å²) in [4.78, 5) is 27.2. The zero-order chi connectivity index (χ0) is 19.6. The highest BCUT2D eigenvalue weighted by Crippen LogP contribution is 2.39. The Morgan fingerprint density at radius 2 is 2.00 bits per heavy atom. The van der Waals surface area contributed by atoms with Crippen LogP contribution >= 0.6 is 0 Å². The summed E-state index contributed by atoms with van der Waals surface area (Å²) in [5, 5.41) is 10.5. The van der Waals surface area contributed by atoms with Crippen LogP contribution in [0.2, 0.25) is 0 Å². The van der Waals surface area contributed by atoms with E-state index in [0.29, 0.717) is 6.61 Å². The third-order valence-corrected chi connectivity index (χ3v) is 4.56. The van der Waals surface area contributed by atoms with E-state index in [0.717, 1.165) is 11.1 Å². The number of rotatable bonds is 7. The van der Waals surface area contributed by atoms with Crippen molar-refractivity contribution in [1.82, 2.24) is 4.90 Å². The van der Waals surface area contributed by atoms with Gasteiger partial charge in [-0.05, 0) is 44.0 Å². The Balaban J connectivity index is 2.02. The van der Waals surface area contributed by atoms with E-state index in [1.54, 1.807) is 6.07 Å². The molecule has 0 bridgehead atoms. The van der Waals surface area contributed by atoms with Gasteiger partial charge in [-0.15, -0.1) is 0 Å². The van der Waals surface area contributed by atoms with Crippen molar-refractivity contribution in [2.24, 2.45) is 0 Å². The molecule has 2 heterocycles. The van der Waals surface area contributed by atoms with Gasteiger partial charge in [0.15, 0.2) is 11.5 Å². The van der Waals surface area contributed by atoms with E-state index in [9.17, 15) is 14.7 Å². The first-order valence-corrected chi connectivity index (χ1v) is 8.91. The SMILES string of the molecule is Cc1ccccc1C1C(C(=O)c2ccco2)=C(O)C(=O)N1CCOC(C)C. The monoisotopic (exact) mass is 369 g/mol. The van der Waals surface area contributed by atoms with E-state index < -0.39 is 23.5 Å². The minimum Gasteiger partial charge on any atom is -0.503 e. The number of carbonyl (C=O) groups is 2. The zero-order valence-electron chi connectivity index (χ0n) is 15.6. The number of amides is 1. The van der Waals surface area contributed by atoms with Crippen molar-refractivity contribution >= 4 is 11.7 Å². The van der Waals surface area contributed by atoms with Gasteiger partial charge in [-0.2, -0.15) is 0 Å². The zero-order valence-corrected chi connectivity index (χ0v) is 15.6. The number of Topliss-reactive ketones (excluding diaryl/α,β-unsaturated/α-hetero) is 1. The third-order valence-electron chi connectivity index (χ3n) is 4.56. The van der Waals surface area contributed by atoms with Gasteiger partial charge in [0.1, 0.15) is 0 Å². The quantitative estimate of drug-likeness (QED) is 0.755. The van der Waals surface area contributed by atoms with Crippen LogP contribution < -0.4 is 0 Å². The van der Waals surface area contributed by atoms with Crippen LogP contribution in [0.1, 0.15) is 41.6 Å². The molecular formula is C21H23NO5. The number of aliphatic hydroxyl groups is 1. The number of carbonyl (C=O) groups excluding carboxylic acids is 2. The standard InChI is InChI=1S/C21H23NO5/c1-13(2)26-12-10-22-18(15-8-5-4-7-14(15)3)17(20(24)21(22)25)19(23)16-9-6-11-27-16/h4-9,11,13,18,24H,10,12H2,1-3H3. The second kappa shape index (κ2) is 7.80. The van der Waals surface area contributed by atoms with Gasteiger partial charge >= 0.3 is 0 Å². The van der Waals surface area contributed by atoms with Crippen LogP contribution in [-0.2, 0) is 9.53 Å². The van der Waals surface area contributed by atoms with Crippen LogP contribution in [0.4, 0.5) is 0 Å². The van der Waals surface area contributed by atoms with Gasteiger partial charge in [0.25, 0.3) is 5.91 Å². The molecule has 27 heavy (non-hydrogen) atoms. The van der Waals surface area contributed by atoms with Gasteiger partial charge in [0.05, 0.1) is 30.6 Å². The molecule has 1 aliphatic rings. The molecule has 1 unspecified atom stereocenters. The Morgan fingerprint density at radius 1 is 1.26 bits per heavy atom. The number of aliphatic hydroxyl groups excluding tert-OH is 1. The number of hydrogen-bond donors (Lipinski definition) is 1. The van der Waals surface area contributed by atoms with Crippen LogP contribution in [0.25, 0.3) is 0 Å². The number of ketones is 1. The number of nitrogens with zero attached hydrogens (tertiary/aromatic N) is 1. The van der Waals surface area contributed by atoms with Crippen LogP contribution in [0, 0.1) is 6.92 Å². The van der Waals surface area contributed by atoms with Crippen LogP contribution in [-0.4, -0.2) is 41.0 Å². The minimum absolute atomic E-state index is 0.0189. The second-order valence-electron chi connectivity index (χ2n) is 6.75. The highest BCUT2D eigenvalue weighted by molar-refractivity contribution is 6.15. The maximum atomic E-state index is 13.0. The largest absolute Gasteiger partial charge is 0.503 e. The Kier molecular flexibility index (Phi) is 5.46. The Hall–Kier alpha value is -2.86. The fraction of sp³-hybridized carbons (Fsp3) is 0.333. The molecule has 1 aliphatic heterocycles. The summed E-state index contributed by atoms with van der Waals surface area (Å²) in [7, 11) is 0. The fourth-order valence-corrected chi connectivity index (χ4v) is 3.26. The molecule has 6 nitrogen and oxygen atoms in total. The van der Waals surface area contributed by atoms with Gasteiger partial charge in [0, 0.05) is 6.54 Å². The van der Waals surface area contributed by atoms with Gasteiger partial charge in [-0.3, -0.25) is 9.59 Å². The molecule has 0 saturated carbocycles. The predicted molar refractivity (Wildman–Crippen MR) is 99.4 cm³/mol. The number of aryl methyl sites for hydroxylation is 1. The lowest BCUT2D eigenvalue weighted by Crippen LogP contribution is -2.34. The minimum atomic E-state index is -0.688. The maximum absolute atomic E-state index is 13.0. The summed E-state index contributed by atoms with van der Waals surface area (Å²) in [5.74, 6) is -1.52. The van der Waals surface area contributed by atoms with Gasteiger partial charge < -0.3 is 19.2 Å². The molecule has 3 rings (SSSR count). The first-order valence-electron chi connectivity index (χ1n) is 8.91. The van der Waals surface area contributed by atoms with Crippen LogP contribution in [0.3, 0.4) is 0 Å². The second-order valence-corrected chi connectivity index (χ2v) is 6.75. The topological polar surface area (TPSA) is 80.0 Å². The lowest BCUT2D eigenvalue weighted by atomic mass is 9.92. The summed E-state index contributed by atoms with van der Waals surface area (Å²) < 4.78 is 10.8. The molecule has 1 amide bonds. The number of furan rings is 1. The molecule has 1 aromatic carbocycles. The van der Waals surface area contributed by atoms with Crippen molar-refractivity contribution in [3.05, 3.63) is 70.9 Å². The van der Waals surface area contributed by atoms with Gasteiger partial charge in [0.2, 0.25) is 5.78 Å². The fourth-order valence-electron chi connectivity index (χ4n) is 3.26. The molecule has 1 N–H and O–H groups in total. The van der Waals surface area contributed by atoms with Crippen molar-refractivity contribution in [1.29, 1.82) is 0 Å². The van der Waals surface area contributed by atoms with E-state index in [2.05, 4.69) is 0 Å². The lowest BCUT2D eigenvalue weighted by Gasteiger charge is -2.28. The molecular weight excluding hydrogens is 346 g/mol. The average Bonchev–Trinajstić information content (AvgIpc) is 3.24. The summed E-state index contributed by atoms with van der Waals surface area (Å²) in [6.07, 6.45) is 1.41. The Bertz CT molecular complexity index is 866. The first kappa shape index (κ1) is 18.9. The number of ether oxygens (including phenoxy) is 1. The molecule has 142 valence electrons. The molecule has 0 saturated heterocycles. The smallest absolute Gasteiger partial charge is 0.290 e. The van der Waals surface area contributed by atoms with Gasteiger partial charge in [-0.1, -0.05) is 24.3 Å². The van der Waals surface area contributed by atoms with Gasteiger partial charge in [-0.25, -0.2) is 0 Å². The Morgan fingerprint density at radius 3 is 2.63 bits per heavy atom. The van der Waals surface area contributed by atoms with Crippen molar-refractivity contribution in [2.45, 2.75) is 32.9 Å². The maximum Gasteiger partial charge on any atom is 0.290 e. The van der Waals surface area contributed by atoms with Crippen molar-refractivity contribution < 1.29 is 23.8 Å². The predicted octanol–water partition coefficient (Wildman–Crippen LogP) is 3.59. The molecule has 1 atom stereocenters. The van der Waals surface area contributed by atoms with E-state index in [-0.39, 0.29) is 24.0 Å². The van der Waals surface area contributed by atoms with E-state index in [1.807, 2.05) is 45.0 Å². The Labute approximate surface area is 158 Å². The molecule has 0 spiro atoms. The molecule has 1 aromatic heterocycles. The van der Waals surface area contributed by atoms with E-state index in [4.69, 9.17) is 9.15 Å². The highest BCUT2D eigenvalue weighted by atomic mass is 16.5. The summed E-state index contributed by atoms with van der Waals surface area (Å²) in [6, 6.07) is 9.93. The highest BCUT2D eigenvalue weighted by Gasteiger charge is 2.44. The van der Waals surface area contributed by atoms with Crippen LogP contribution in [0.5, 0.6) is 0 Å². The summed E-state index contributed by atoms with van der Waals surface area (Å²) >= 11 is 0. The number of hydrogen-bond acceptors (Lipinski definition) is 5. The molecule has 0 fully saturated rings. The summed E-state index contributed by atoms with van der Waals surface area (Å²) in [6.45, 7) is 6.29. The van der Waals surface area contributed by atoms with Crippen molar-refractivity contribution in [3.63, 3.8) is 0 Å². The average molecular weight is 369 g/mol. The third kappa shape index (κ3) is 3.66. The molecule has 0 radical (unpaired) electrons. The molecule has 6 heteroatoms. The van der Waals surface area contributed by atoms with E-state index in [1.165, 1.54) is 17.2 Å². The molecule has 2 aromatic rings. The van der Waals surface area contributed by atoms with E-state index >= 15 is 0 Å². The first-order chi connectivity index (χ1) is 12.9. The van der Waals surface area contributed by atoms with Crippen molar-refractivity contribution in [3.8, 4) is 0 Å². The normalized spacial score (nSPS) is 17.3. The van der Waals surface area contributed by atoms with Crippen LogP contribution in [0.15, 0.2) is 58.4 Å². The lowest BCUT2D eigenvalue weighted by molar-refractivity contribution is -0.130. The molecule has 0 aliphatic carbocycles. The van der Waals surface area contributed by atoms with Crippen molar-refractivity contribution in [2.75, 3.05) is 13.2 Å².